The van der Waals surface area contributed by atoms with Crippen LogP contribution in [-0.4, -0.2) is 23.2 Å². The van der Waals surface area contributed by atoms with Crippen LogP contribution in [0.2, 0.25) is 0 Å². The normalized spacial score (nSPS) is 10.5. The molecule has 0 radical (unpaired) electrons. The molecule has 1 heterocycles. The summed E-state index contributed by atoms with van der Waals surface area (Å²) in [5.41, 5.74) is 1.57. The fourth-order valence-electron chi connectivity index (χ4n) is 2.28. The van der Waals surface area contributed by atoms with E-state index in [1.807, 2.05) is 30.3 Å². The molecule has 0 unspecified atom stereocenters. The molecule has 0 amide bonds. The summed E-state index contributed by atoms with van der Waals surface area (Å²) in [5.74, 6) is 0.0386. The molecule has 3 rings (SSSR count). The lowest BCUT2D eigenvalue weighted by Gasteiger charge is -2.10. The average molecular weight is 309 g/mol. The summed E-state index contributed by atoms with van der Waals surface area (Å²) in [6.45, 7) is 0.454. The van der Waals surface area contributed by atoms with E-state index >= 15 is 0 Å². The van der Waals surface area contributed by atoms with Crippen LogP contribution in [0, 0.1) is 0 Å². The van der Waals surface area contributed by atoms with Gasteiger partial charge in [0, 0.05) is 11.5 Å². The van der Waals surface area contributed by atoms with Gasteiger partial charge in [0.05, 0.1) is 12.6 Å². The summed E-state index contributed by atoms with van der Waals surface area (Å²) in [5, 5.41) is 9.80. The molecule has 23 heavy (non-hydrogen) atoms. The number of carboxylic acids is 1. The Morgan fingerprint density at radius 2 is 1.91 bits per heavy atom. The number of ether oxygens (including phenoxy) is 2. The van der Waals surface area contributed by atoms with Crippen LogP contribution in [0.4, 0.5) is 0 Å². The standard InChI is InChI=1S/C18H15NO4/c1-22-17-10-16(18(20)21)19-15-8-7-13(9-14(15)17)23-11-12-5-3-2-4-6-12/h2-10H,11H2,1H3,(H,20,21). The third kappa shape index (κ3) is 3.23. The van der Waals surface area contributed by atoms with E-state index in [4.69, 9.17) is 14.6 Å². The van der Waals surface area contributed by atoms with Crippen LogP contribution in [0.25, 0.3) is 10.9 Å². The smallest absolute Gasteiger partial charge is 0.354 e. The van der Waals surface area contributed by atoms with Gasteiger partial charge in [-0.05, 0) is 23.8 Å². The Balaban J connectivity index is 1.92. The largest absolute Gasteiger partial charge is 0.496 e. The first-order valence-electron chi connectivity index (χ1n) is 7.06. The molecule has 0 bridgehead atoms. The van der Waals surface area contributed by atoms with Crippen LogP contribution in [-0.2, 0) is 6.61 Å². The molecule has 2 aromatic carbocycles. The minimum absolute atomic E-state index is 0.0488. The van der Waals surface area contributed by atoms with Crippen molar-refractivity contribution >= 4 is 16.9 Å². The van der Waals surface area contributed by atoms with Gasteiger partial charge in [0.2, 0.25) is 0 Å². The van der Waals surface area contributed by atoms with Crippen LogP contribution in [0.1, 0.15) is 16.1 Å². The number of fused-ring (bicyclic) bond motifs is 1. The molecule has 0 atom stereocenters. The van der Waals surface area contributed by atoms with Crippen molar-refractivity contribution in [1.29, 1.82) is 0 Å². The third-order valence-corrected chi connectivity index (χ3v) is 3.43. The van der Waals surface area contributed by atoms with Gasteiger partial charge in [-0.1, -0.05) is 30.3 Å². The Hall–Kier alpha value is -3.08. The lowest BCUT2D eigenvalue weighted by molar-refractivity contribution is 0.0690. The Morgan fingerprint density at radius 1 is 1.13 bits per heavy atom. The number of benzene rings is 2. The molecule has 0 spiro atoms. The van der Waals surface area contributed by atoms with Crippen LogP contribution < -0.4 is 9.47 Å². The van der Waals surface area contributed by atoms with E-state index in [9.17, 15) is 4.79 Å². The fraction of sp³-hybridized carbons (Fsp3) is 0.111. The van der Waals surface area contributed by atoms with Crippen molar-refractivity contribution < 1.29 is 19.4 Å². The van der Waals surface area contributed by atoms with Crippen molar-refractivity contribution in [3.8, 4) is 11.5 Å². The average Bonchev–Trinajstić information content (AvgIpc) is 2.59. The van der Waals surface area contributed by atoms with E-state index in [0.29, 0.717) is 29.0 Å². The second-order valence-electron chi connectivity index (χ2n) is 4.97. The first-order valence-corrected chi connectivity index (χ1v) is 7.06. The molecular formula is C18H15NO4. The lowest BCUT2D eigenvalue weighted by atomic mass is 10.1. The van der Waals surface area contributed by atoms with Crippen molar-refractivity contribution in [2.24, 2.45) is 0 Å². The van der Waals surface area contributed by atoms with E-state index in [1.165, 1.54) is 13.2 Å². The number of carboxylic acid groups (broad SMARTS) is 1. The second kappa shape index (κ2) is 6.36. The molecule has 5 nitrogen and oxygen atoms in total. The van der Waals surface area contributed by atoms with E-state index in [-0.39, 0.29) is 5.69 Å². The van der Waals surface area contributed by atoms with Crippen molar-refractivity contribution in [3.05, 3.63) is 65.9 Å². The van der Waals surface area contributed by atoms with Gasteiger partial charge >= 0.3 is 5.97 Å². The van der Waals surface area contributed by atoms with Gasteiger partial charge in [0.15, 0.2) is 5.69 Å². The zero-order valence-corrected chi connectivity index (χ0v) is 12.5. The third-order valence-electron chi connectivity index (χ3n) is 3.43. The Bertz CT molecular complexity index is 846. The number of nitrogens with zero attached hydrogens (tertiary/aromatic N) is 1. The predicted molar refractivity (Wildman–Crippen MR) is 86.0 cm³/mol. The fourth-order valence-corrected chi connectivity index (χ4v) is 2.28. The first kappa shape index (κ1) is 14.8. The number of methoxy groups -OCH3 is 1. The molecule has 5 heteroatoms. The van der Waals surface area contributed by atoms with Gasteiger partial charge in [-0.2, -0.15) is 0 Å². The highest BCUT2D eigenvalue weighted by Crippen LogP contribution is 2.29. The number of aromatic nitrogens is 1. The maximum atomic E-state index is 11.1. The quantitative estimate of drug-likeness (QED) is 0.781. The number of aromatic carboxylic acids is 1. The Labute approximate surface area is 133 Å². The molecule has 1 N–H and O–H groups in total. The monoisotopic (exact) mass is 309 g/mol. The molecule has 0 fully saturated rings. The first-order chi connectivity index (χ1) is 11.2. The molecule has 0 saturated carbocycles. The minimum Gasteiger partial charge on any atom is -0.496 e. The Kier molecular flexibility index (Phi) is 4.10. The van der Waals surface area contributed by atoms with E-state index in [0.717, 1.165) is 5.56 Å². The second-order valence-corrected chi connectivity index (χ2v) is 4.97. The highest BCUT2D eigenvalue weighted by molar-refractivity contribution is 5.93. The summed E-state index contributed by atoms with van der Waals surface area (Å²) < 4.78 is 11.1. The minimum atomic E-state index is -1.09. The number of carbonyl (C=O) groups is 1. The molecule has 3 aromatic rings. The number of hydrogen-bond acceptors (Lipinski definition) is 4. The molecule has 0 aliphatic carbocycles. The van der Waals surface area contributed by atoms with Gasteiger partial charge in [-0.25, -0.2) is 9.78 Å². The summed E-state index contributed by atoms with van der Waals surface area (Å²) in [7, 11) is 1.50. The maximum Gasteiger partial charge on any atom is 0.354 e. The highest BCUT2D eigenvalue weighted by Gasteiger charge is 2.12. The van der Waals surface area contributed by atoms with E-state index in [1.54, 1.807) is 18.2 Å². The molecule has 116 valence electrons. The summed E-state index contributed by atoms with van der Waals surface area (Å²) in [6.07, 6.45) is 0. The summed E-state index contributed by atoms with van der Waals surface area (Å²) >= 11 is 0. The van der Waals surface area contributed by atoms with Gasteiger partial charge < -0.3 is 14.6 Å². The van der Waals surface area contributed by atoms with Crippen LogP contribution in [0.3, 0.4) is 0 Å². The SMILES string of the molecule is COc1cc(C(=O)O)nc2ccc(OCc3ccccc3)cc12. The zero-order valence-electron chi connectivity index (χ0n) is 12.5. The molecular weight excluding hydrogens is 294 g/mol. The van der Waals surface area contributed by atoms with Crippen molar-refractivity contribution in [1.82, 2.24) is 4.98 Å². The van der Waals surface area contributed by atoms with Crippen molar-refractivity contribution in [3.63, 3.8) is 0 Å². The van der Waals surface area contributed by atoms with Crippen LogP contribution >= 0.6 is 0 Å². The molecule has 1 aromatic heterocycles. The number of pyridine rings is 1. The number of hydrogen-bond donors (Lipinski definition) is 1. The van der Waals surface area contributed by atoms with Crippen molar-refractivity contribution in [2.75, 3.05) is 7.11 Å². The van der Waals surface area contributed by atoms with Gasteiger partial charge in [0.25, 0.3) is 0 Å². The van der Waals surface area contributed by atoms with Gasteiger partial charge in [-0.15, -0.1) is 0 Å². The number of rotatable bonds is 5. The molecule has 0 saturated heterocycles. The van der Waals surface area contributed by atoms with Crippen LogP contribution in [0.5, 0.6) is 11.5 Å². The molecule has 0 aliphatic rings. The molecule has 0 aliphatic heterocycles. The van der Waals surface area contributed by atoms with E-state index < -0.39 is 5.97 Å². The summed E-state index contributed by atoms with van der Waals surface area (Å²) in [6, 6.07) is 16.6. The van der Waals surface area contributed by atoms with Crippen LogP contribution in [0.15, 0.2) is 54.6 Å². The summed E-state index contributed by atoms with van der Waals surface area (Å²) in [4.78, 5) is 15.2. The predicted octanol–water partition coefficient (Wildman–Crippen LogP) is 3.52. The maximum absolute atomic E-state index is 11.1. The van der Waals surface area contributed by atoms with E-state index in [2.05, 4.69) is 4.98 Å². The topological polar surface area (TPSA) is 68.7 Å². The van der Waals surface area contributed by atoms with Crippen molar-refractivity contribution in [2.45, 2.75) is 6.61 Å². The van der Waals surface area contributed by atoms with Gasteiger partial charge in [-0.3, -0.25) is 0 Å². The zero-order chi connectivity index (χ0) is 16.2. The Morgan fingerprint density at radius 3 is 2.61 bits per heavy atom. The van der Waals surface area contributed by atoms with Gasteiger partial charge in [0.1, 0.15) is 18.1 Å². The lowest BCUT2D eigenvalue weighted by Crippen LogP contribution is -2.02. The highest BCUT2D eigenvalue weighted by atomic mass is 16.5.